The first-order valence-electron chi connectivity index (χ1n) is 7.53. The first-order valence-corrected chi connectivity index (χ1v) is 7.90. The SMILES string of the molecule is CC[C@H](N)c1nc2cccc(Cl)c2c(=O)n1-c1cncc(F)c1C. The van der Waals surface area contributed by atoms with Crippen molar-refractivity contribution in [2.45, 2.75) is 26.3 Å². The van der Waals surface area contributed by atoms with Gasteiger partial charge < -0.3 is 5.73 Å². The number of nitrogens with two attached hydrogens (primary N) is 1. The predicted octanol–water partition coefficient (Wildman–Crippen LogP) is 3.29. The minimum absolute atomic E-state index is 0.273. The molecular formula is C17H16ClFN4O. The summed E-state index contributed by atoms with van der Waals surface area (Å²) in [4.78, 5) is 21.5. The third-order valence-corrected chi connectivity index (χ3v) is 4.33. The number of aromatic nitrogens is 3. The maximum absolute atomic E-state index is 13.9. The van der Waals surface area contributed by atoms with Crippen LogP contribution in [-0.2, 0) is 0 Å². The van der Waals surface area contributed by atoms with Gasteiger partial charge in [-0.2, -0.15) is 0 Å². The molecule has 0 saturated heterocycles. The van der Waals surface area contributed by atoms with Gasteiger partial charge in [-0.25, -0.2) is 9.37 Å². The first-order chi connectivity index (χ1) is 11.5. The van der Waals surface area contributed by atoms with Gasteiger partial charge in [0.15, 0.2) is 0 Å². The van der Waals surface area contributed by atoms with Crippen molar-refractivity contribution in [3.05, 3.63) is 63.2 Å². The maximum atomic E-state index is 13.9. The largest absolute Gasteiger partial charge is 0.321 e. The van der Waals surface area contributed by atoms with Crippen LogP contribution in [0.2, 0.25) is 5.02 Å². The van der Waals surface area contributed by atoms with Crippen molar-refractivity contribution in [3.8, 4) is 5.69 Å². The summed E-state index contributed by atoms with van der Waals surface area (Å²) in [6.07, 6.45) is 3.10. The van der Waals surface area contributed by atoms with Crippen LogP contribution in [-0.4, -0.2) is 14.5 Å². The van der Waals surface area contributed by atoms with Gasteiger partial charge in [0.05, 0.1) is 40.0 Å². The molecule has 2 N–H and O–H groups in total. The van der Waals surface area contributed by atoms with E-state index in [0.717, 1.165) is 6.20 Å². The van der Waals surface area contributed by atoms with E-state index in [9.17, 15) is 9.18 Å². The molecule has 0 aliphatic rings. The van der Waals surface area contributed by atoms with E-state index < -0.39 is 11.9 Å². The van der Waals surface area contributed by atoms with Gasteiger partial charge in [0.2, 0.25) is 0 Å². The molecule has 5 nitrogen and oxygen atoms in total. The zero-order valence-electron chi connectivity index (χ0n) is 13.3. The van der Waals surface area contributed by atoms with Crippen molar-refractivity contribution in [1.82, 2.24) is 14.5 Å². The minimum atomic E-state index is -0.505. The van der Waals surface area contributed by atoms with Gasteiger partial charge in [-0.1, -0.05) is 24.6 Å². The molecule has 2 aromatic heterocycles. The van der Waals surface area contributed by atoms with Crippen molar-refractivity contribution in [1.29, 1.82) is 0 Å². The number of halogens is 2. The van der Waals surface area contributed by atoms with Crippen LogP contribution >= 0.6 is 11.6 Å². The van der Waals surface area contributed by atoms with Crippen LogP contribution in [0.15, 0.2) is 35.4 Å². The molecule has 0 unspecified atom stereocenters. The molecule has 3 rings (SSSR count). The smallest absolute Gasteiger partial charge is 0.267 e. The van der Waals surface area contributed by atoms with Crippen LogP contribution in [0.4, 0.5) is 4.39 Å². The lowest BCUT2D eigenvalue weighted by Crippen LogP contribution is -2.29. The maximum Gasteiger partial charge on any atom is 0.267 e. The summed E-state index contributed by atoms with van der Waals surface area (Å²) in [5, 5.41) is 0.562. The Morgan fingerprint density at radius 2 is 2.12 bits per heavy atom. The predicted molar refractivity (Wildman–Crippen MR) is 92.1 cm³/mol. The molecule has 3 aromatic rings. The van der Waals surface area contributed by atoms with Gasteiger partial charge in [0.1, 0.15) is 11.6 Å². The second kappa shape index (κ2) is 6.30. The molecule has 2 heterocycles. The number of hydrogen-bond acceptors (Lipinski definition) is 4. The lowest BCUT2D eigenvalue weighted by Gasteiger charge is -2.19. The number of nitrogens with zero attached hydrogens (tertiary/aromatic N) is 3. The van der Waals surface area contributed by atoms with Crippen LogP contribution in [0.25, 0.3) is 16.6 Å². The number of rotatable bonds is 3. The Kier molecular flexibility index (Phi) is 4.34. The van der Waals surface area contributed by atoms with Crippen LogP contribution in [0.1, 0.15) is 30.8 Å². The van der Waals surface area contributed by atoms with Gasteiger partial charge in [-0.15, -0.1) is 0 Å². The molecule has 0 spiro atoms. The van der Waals surface area contributed by atoms with E-state index in [0.29, 0.717) is 29.0 Å². The second-order valence-corrected chi connectivity index (χ2v) is 5.93. The molecule has 124 valence electrons. The van der Waals surface area contributed by atoms with E-state index in [2.05, 4.69) is 9.97 Å². The Balaban J connectivity index is 2.49. The second-order valence-electron chi connectivity index (χ2n) is 5.52. The molecule has 0 bridgehead atoms. The van der Waals surface area contributed by atoms with Gasteiger partial charge in [0, 0.05) is 5.56 Å². The van der Waals surface area contributed by atoms with E-state index >= 15 is 0 Å². The summed E-state index contributed by atoms with van der Waals surface area (Å²) in [7, 11) is 0. The quantitative estimate of drug-likeness (QED) is 0.789. The third-order valence-electron chi connectivity index (χ3n) is 4.01. The van der Waals surface area contributed by atoms with Crippen LogP contribution in [0.3, 0.4) is 0 Å². The first kappa shape index (κ1) is 16.5. The molecule has 1 atom stereocenters. The molecule has 1 aromatic carbocycles. The third kappa shape index (κ3) is 2.57. The highest BCUT2D eigenvalue weighted by Gasteiger charge is 2.20. The Bertz CT molecular complexity index is 986. The highest BCUT2D eigenvalue weighted by Crippen LogP contribution is 2.24. The van der Waals surface area contributed by atoms with Gasteiger partial charge >= 0.3 is 0 Å². The van der Waals surface area contributed by atoms with E-state index in [1.165, 1.54) is 10.8 Å². The molecule has 0 amide bonds. The number of pyridine rings is 1. The molecule has 7 heteroatoms. The Labute approximate surface area is 142 Å². The van der Waals surface area contributed by atoms with Gasteiger partial charge in [-0.05, 0) is 25.5 Å². The lowest BCUT2D eigenvalue weighted by molar-refractivity contribution is 0.599. The lowest BCUT2D eigenvalue weighted by atomic mass is 10.1. The Morgan fingerprint density at radius 1 is 1.38 bits per heavy atom. The number of hydrogen-bond donors (Lipinski definition) is 1. The molecule has 0 aliphatic carbocycles. The highest BCUT2D eigenvalue weighted by molar-refractivity contribution is 6.35. The molecular weight excluding hydrogens is 331 g/mol. The Morgan fingerprint density at radius 3 is 2.83 bits per heavy atom. The summed E-state index contributed by atoms with van der Waals surface area (Å²) in [5.74, 6) is -0.151. The number of benzene rings is 1. The van der Waals surface area contributed by atoms with Crippen LogP contribution < -0.4 is 11.3 Å². The van der Waals surface area contributed by atoms with Crippen molar-refractivity contribution >= 4 is 22.5 Å². The van der Waals surface area contributed by atoms with Gasteiger partial charge in [0.25, 0.3) is 5.56 Å². The zero-order chi connectivity index (χ0) is 17.4. The fraction of sp³-hybridized carbons (Fsp3) is 0.235. The minimum Gasteiger partial charge on any atom is -0.321 e. The summed E-state index contributed by atoms with van der Waals surface area (Å²) in [5.41, 5.74) is 6.83. The fourth-order valence-electron chi connectivity index (χ4n) is 2.59. The summed E-state index contributed by atoms with van der Waals surface area (Å²) in [6.45, 7) is 3.47. The van der Waals surface area contributed by atoms with E-state index in [1.807, 2.05) is 6.92 Å². The average Bonchev–Trinajstić information content (AvgIpc) is 2.57. The van der Waals surface area contributed by atoms with Crippen molar-refractivity contribution in [2.75, 3.05) is 0 Å². The summed E-state index contributed by atoms with van der Waals surface area (Å²) in [6, 6.07) is 4.56. The van der Waals surface area contributed by atoms with E-state index in [4.69, 9.17) is 17.3 Å². The van der Waals surface area contributed by atoms with E-state index in [-0.39, 0.29) is 16.0 Å². The topological polar surface area (TPSA) is 73.8 Å². The Hall–Kier alpha value is -2.31. The summed E-state index contributed by atoms with van der Waals surface area (Å²) < 4.78 is 15.3. The monoisotopic (exact) mass is 346 g/mol. The van der Waals surface area contributed by atoms with Crippen molar-refractivity contribution < 1.29 is 4.39 Å². The van der Waals surface area contributed by atoms with Crippen molar-refractivity contribution in [2.24, 2.45) is 5.73 Å². The molecule has 0 fully saturated rings. The fourth-order valence-corrected chi connectivity index (χ4v) is 2.84. The average molecular weight is 347 g/mol. The zero-order valence-corrected chi connectivity index (χ0v) is 14.0. The van der Waals surface area contributed by atoms with E-state index in [1.54, 1.807) is 25.1 Å². The molecule has 0 saturated carbocycles. The highest BCUT2D eigenvalue weighted by atomic mass is 35.5. The normalized spacial score (nSPS) is 12.5. The molecule has 0 aliphatic heterocycles. The molecule has 24 heavy (non-hydrogen) atoms. The molecule has 0 radical (unpaired) electrons. The summed E-state index contributed by atoms with van der Waals surface area (Å²) >= 11 is 6.18. The van der Waals surface area contributed by atoms with Crippen molar-refractivity contribution in [3.63, 3.8) is 0 Å². The van der Waals surface area contributed by atoms with Crippen LogP contribution in [0, 0.1) is 12.7 Å². The standard InChI is InChI=1S/C17H16ClFN4O/c1-3-12(20)16-22-13-6-4-5-10(18)15(13)17(24)23(16)14-8-21-7-11(19)9(14)2/h4-8,12H,3,20H2,1-2H3/t12-/m0/s1. The van der Waals surface area contributed by atoms with Crippen LogP contribution in [0.5, 0.6) is 0 Å². The number of fused-ring (bicyclic) bond motifs is 1. The van der Waals surface area contributed by atoms with Gasteiger partial charge in [-0.3, -0.25) is 14.3 Å².